The summed E-state index contributed by atoms with van der Waals surface area (Å²) in [7, 11) is -1.28. The van der Waals surface area contributed by atoms with Crippen LogP contribution in [-0.4, -0.2) is 8.07 Å². The van der Waals surface area contributed by atoms with Crippen LogP contribution in [-0.2, 0) is 0 Å². The Hall–Kier alpha value is -1.60. The Morgan fingerprint density at radius 2 is 1.05 bits per heavy atom. The Kier molecular flexibility index (Phi) is 4.29. The molecule has 0 radical (unpaired) electrons. The van der Waals surface area contributed by atoms with Gasteiger partial charge in [0.2, 0.25) is 0 Å². The molecule has 0 aliphatic rings. The van der Waals surface area contributed by atoms with E-state index >= 15 is 0 Å². The molecule has 0 heterocycles. The van der Waals surface area contributed by atoms with Crippen LogP contribution in [0, 0.1) is 13.8 Å². The van der Waals surface area contributed by atoms with Crippen molar-refractivity contribution in [3.05, 3.63) is 76.5 Å². The minimum Gasteiger partial charge on any atom is -0.0867 e. The number of hydrogen-bond acceptors (Lipinski definition) is 0. The zero-order chi connectivity index (χ0) is 14.8. The first kappa shape index (κ1) is 14.8. The molecular weight excluding hydrogens is 256 g/mol. The summed E-state index contributed by atoms with van der Waals surface area (Å²) in [6.45, 7) is 11.4. The summed E-state index contributed by atoms with van der Waals surface area (Å²) >= 11 is 0. The van der Waals surface area contributed by atoms with Gasteiger partial charge >= 0.3 is 0 Å². The fourth-order valence-corrected chi connectivity index (χ4v) is 3.43. The van der Waals surface area contributed by atoms with Crippen LogP contribution in [0.15, 0.2) is 54.2 Å². The van der Waals surface area contributed by atoms with Crippen LogP contribution in [0.1, 0.15) is 22.3 Å². The molecule has 1 heteroatoms. The molecule has 2 rings (SSSR count). The fraction of sp³-hybridized carbons (Fsp3) is 0.263. The van der Waals surface area contributed by atoms with Crippen LogP contribution < -0.4 is 0 Å². The van der Waals surface area contributed by atoms with Crippen LogP contribution >= 0.6 is 0 Å². The summed E-state index contributed by atoms with van der Waals surface area (Å²) in [5.74, 6) is 0. The molecule has 0 nitrogen and oxygen atoms in total. The van der Waals surface area contributed by atoms with Crippen molar-refractivity contribution < 1.29 is 0 Å². The van der Waals surface area contributed by atoms with Gasteiger partial charge in [0.15, 0.2) is 0 Å². The average molecular weight is 280 g/mol. The summed E-state index contributed by atoms with van der Waals surface area (Å²) < 4.78 is 0. The average Bonchev–Trinajstić information content (AvgIpc) is 2.37. The Morgan fingerprint density at radius 3 is 1.35 bits per heavy atom. The quantitative estimate of drug-likeness (QED) is 0.641. The van der Waals surface area contributed by atoms with Crippen molar-refractivity contribution in [2.45, 2.75) is 33.5 Å². The van der Waals surface area contributed by atoms with Gasteiger partial charge in [-0.15, -0.1) is 0 Å². The van der Waals surface area contributed by atoms with Crippen molar-refractivity contribution in [1.29, 1.82) is 0 Å². The second-order valence-corrected chi connectivity index (χ2v) is 11.7. The van der Waals surface area contributed by atoms with E-state index in [-0.39, 0.29) is 0 Å². The van der Waals surface area contributed by atoms with E-state index in [1.54, 1.807) is 0 Å². The number of aryl methyl sites for hydroxylation is 2. The van der Waals surface area contributed by atoms with Crippen LogP contribution in [0.3, 0.4) is 0 Å². The van der Waals surface area contributed by atoms with E-state index in [1.807, 2.05) is 0 Å². The monoisotopic (exact) mass is 280 g/mol. The first-order chi connectivity index (χ1) is 9.35. The fourth-order valence-electron chi connectivity index (χ4n) is 2.23. The highest BCUT2D eigenvalue weighted by atomic mass is 28.3. The summed E-state index contributed by atoms with van der Waals surface area (Å²) in [5.41, 5.74) is 9.14. The molecule has 0 aliphatic heterocycles. The minimum atomic E-state index is -1.28. The molecule has 0 aliphatic carbocycles. The highest BCUT2D eigenvalue weighted by molar-refractivity contribution is 6.81. The molecule has 0 fully saturated rings. The standard InChI is InChI=1S/C19H24Si/c1-15-6-10-17(11-7-15)19(14-20(3,4)5)18-12-8-16(2)9-13-18/h6-14H,1-5H3. The van der Waals surface area contributed by atoms with Crippen molar-refractivity contribution in [3.63, 3.8) is 0 Å². The van der Waals surface area contributed by atoms with Crippen LogP contribution in [0.4, 0.5) is 0 Å². The zero-order valence-electron chi connectivity index (χ0n) is 13.2. The van der Waals surface area contributed by atoms with Gasteiger partial charge in [-0.2, -0.15) is 0 Å². The number of benzene rings is 2. The maximum Gasteiger partial charge on any atom is 0.0695 e. The zero-order valence-corrected chi connectivity index (χ0v) is 14.2. The predicted octanol–water partition coefficient (Wildman–Crippen LogP) is 5.61. The SMILES string of the molecule is Cc1ccc(C(=C[Si](C)(C)C)c2ccc(C)cc2)cc1. The van der Waals surface area contributed by atoms with Crippen molar-refractivity contribution in [2.24, 2.45) is 0 Å². The Balaban J connectivity index is 2.53. The topological polar surface area (TPSA) is 0 Å². The summed E-state index contributed by atoms with van der Waals surface area (Å²) in [6, 6.07) is 17.7. The van der Waals surface area contributed by atoms with Gasteiger partial charge in [0.1, 0.15) is 0 Å². The van der Waals surface area contributed by atoms with Crippen molar-refractivity contribution in [3.8, 4) is 0 Å². The van der Waals surface area contributed by atoms with Gasteiger partial charge in [0.05, 0.1) is 8.07 Å². The summed E-state index contributed by atoms with van der Waals surface area (Å²) in [4.78, 5) is 0. The van der Waals surface area contributed by atoms with Crippen LogP contribution in [0.2, 0.25) is 19.6 Å². The smallest absolute Gasteiger partial charge is 0.0695 e. The van der Waals surface area contributed by atoms with E-state index in [2.05, 4.69) is 87.7 Å². The third-order valence-electron chi connectivity index (χ3n) is 3.30. The molecule has 0 atom stereocenters. The van der Waals surface area contributed by atoms with E-state index in [9.17, 15) is 0 Å². The lowest BCUT2D eigenvalue weighted by atomic mass is 9.98. The van der Waals surface area contributed by atoms with Crippen molar-refractivity contribution in [2.75, 3.05) is 0 Å². The second-order valence-electron chi connectivity index (χ2n) is 6.66. The lowest BCUT2D eigenvalue weighted by molar-refractivity contribution is 1.43. The normalized spacial score (nSPS) is 11.2. The molecule has 20 heavy (non-hydrogen) atoms. The largest absolute Gasteiger partial charge is 0.0867 e. The molecule has 0 aromatic heterocycles. The minimum absolute atomic E-state index is 1.28. The van der Waals surface area contributed by atoms with E-state index in [0.29, 0.717) is 0 Å². The van der Waals surface area contributed by atoms with Gasteiger partial charge in [-0.25, -0.2) is 0 Å². The molecule has 0 unspecified atom stereocenters. The summed E-state index contributed by atoms with van der Waals surface area (Å²) in [6.07, 6.45) is 0. The first-order valence-corrected chi connectivity index (χ1v) is 10.8. The third-order valence-corrected chi connectivity index (χ3v) is 4.46. The molecule has 0 spiro atoms. The van der Waals surface area contributed by atoms with Gasteiger partial charge in [0, 0.05) is 0 Å². The Labute approximate surface area is 124 Å². The van der Waals surface area contributed by atoms with E-state index in [1.165, 1.54) is 27.8 Å². The molecule has 2 aromatic rings. The van der Waals surface area contributed by atoms with Crippen molar-refractivity contribution >= 4 is 13.6 Å². The molecule has 2 aromatic carbocycles. The predicted molar refractivity (Wildman–Crippen MR) is 92.8 cm³/mol. The lowest BCUT2D eigenvalue weighted by Crippen LogP contribution is -2.17. The van der Waals surface area contributed by atoms with Gasteiger partial charge in [-0.1, -0.05) is 85.0 Å². The van der Waals surface area contributed by atoms with Crippen LogP contribution in [0.5, 0.6) is 0 Å². The maximum atomic E-state index is 2.50. The van der Waals surface area contributed by atoms with Gasteiger partial charge in [-0.3, -0.25) is 0 Å². The molecule has 104 valence electrons. The molecule has 0 N–H and O–H groups in total. The molecular formula is C19H24Si. The van der Waals surface area contributed by atoms with E-state index < -0.39 is 8.07 Å². The Bertz CT molecular complexity index is 548. The van der Waals surface area contributed by atoms with E-state index in [4.69, 9.17) is 0 Å². The molecule has 0 amide bonds. The van der Waals surface area contributed by atoms with Gasteiger partial charge in [0.25, 0.3) is 0 Å². The highest BCUT2D eigenvalue weighted by Gasteiger charge is 2.13. The first-order valence-electron chi connectivity index (χ1n) is 7.22. The highest BCUT2D eigenvalue weighted by Crippen LogP contribution is 2.26. The van der Waals surface area contributed by atoms with E-state index in [0.717, 1.165) is 0 Å². The van der Waals surface area contributed by atoms with Gasteiger partial charge < -0.3 is 0 Å². The maximum absolute atomic E-state index is 2.50. The lowest BCUT2D eigenvalue weighted by Gasteiger charge is -2.16. The molecule has 0 saturated carbocycles. The second kappa shape index (κ2) is 5.80. The van der Waals surface area contributed by atoms with Crippen molar-refractivity contribution in [1.82, 2.24) is 0 Å². The number of rotatable bonds is 3. The molecule has 0 saturated heterocycles. The third kappa shape index (κ3) is 3.94. The van der Waals surface area contributed by atoms with Crippen LogP contribution in [0.25, 0.3) is 5.57 Å². The van der Waals surface area contributed by atoms with Gasteiger partial charge in [-0.05, 0) is 30.5 Å². The summed E-state index contributed by atoms with van der Waals surface area (Å²) in [5, 5.41) is 0. The molecule has 0 bridgehead atoms. The number of hydrogen-bond donors (Lipinski definition) is 0. The Morgan fingerprint density at radius 1 is 0.700 bits per heavy atom.